The molecule has 0 spiro atoms. The van der Waals surface area contributed by atoms with Gasteiger partial charge in [0.05, 0.1) is 18.1 Å². The van der Waals surface area contributed by atoms with E-state index in [9.17, 15) is 9.59 Å². The molecule has 6 nitrogen and oxygen atoms in total. The summed E-state index contributed by atoms with van der Waals surface area (Å²) < 4.78 is 8.88. The fourth-order valence-electron chi connectivity index (χ4n) is 4.87. The molecular formula is C24H29N3O3. The molecule has 1 aromatic heterocycles. The van der Waals surface area contributed by atoms with Gasteiger partial charge in [-0.25, -0.2) is 4.79 Å². The first-order valence-electron chi connectivity index (χ1n) is 10.7. The van der Waals surface area contributed by atoms with Gasteiger partial charge < -0.3 is 10.1 Å². The van der Waals surface area contributed by atoms with Crippen LogP contribution in [0.5, 0.6) is 5.75 Å². The van der Waals surface area contributed by atoms with E-state index in [0.717, 1.165) is 48.0 Å². The number of aryl methyl sites for hydroxylation is 1. The number of aromatic nitrogens is 2. The highest BCUT2D eigenvalue weighted by Crippen LogP contribution is 2.44. The number of para-hydroxylation sites is 3. The molecule has 0 aliphatic heterocycles. The standard InChI is InChI=1S/C24H29N3O3/c1-3-26-19-11-5-6-12-20(19)27(23(26)29)16-22(28)25-17-24(14-8-9-15-24)18-10-4-7-13-21(18)30-2/h4-7,10-13H,3,8-9,14-17H2,1-2H3,(H,25,28). The second-order valence-electron chi connectivity index (χ2n) is 8.07. The summed E-state index contributed by atoms with van der Waals surface area (Å²) in [5, 5.41) is 3.12. The summed E-state index contributed by atoms with van der Waals surface area (Å²) in [4.78, 5) is 25.7. The van der Waals surface area contributed by atoms with Crippen LogP contribution in [-0.4, -0.2) is 28.7 Å². The van der Waals surface area contributed by atoms with Crippen LogP contribution in [0.1, 0.15) is 38.2 Å². The molecule has 1 heterocycles. The van der Waals surface area contributed by atoms with Crippen LogP contribution in [0.3, 0.4) is 0 Å². The van der Waals surface area contributed by atoms with E-state index in [1.54, 1.807) is 16.2 Å². The molecule has 158 valence electrons. The summed E-state index contributed by atoms with van der Waals surface area (Å²) in [5.41, 5.74) is 2.54. The summed E-state index contributed by atoms with van der Waals surface area (Å²) in [5.74, 6) is 0.730. The molecule has 1 aliphatic carbocycles. The van der Waals surface area contributed by atoms with E-state index >= 15 is 0 Å². The van der Waals surface area contributed by atoms with Crippen molar-refractivity contribution in [3.8, 4) is 5.75 Å². The number of ether oxygens (including phenoxy) is 1. The number of rotatable bonds is 7. The van der Waals surface area contributed by atoms with Crippen LogP contribution in [0.15, 0.2) is 53.3 Å². The van der Waals surface area contributed by atoms with Crippen molar-refractivity contribution in [1.82, 2.24) is 14.5 Å². The third-order valence-corrected chi connectivity index (χ3v) is 6.41. The van der Waals surface area contributed by atoms with Crippen LogP contribution < -0.4 is 15.7 Å². The number of carbonyl (C=O) groups is 1. The third kappa shape index (κ3) is 3.51. The number of benzene rings is 2. The van der Waals surface area contributed by atoms with Crippen molar-refractivity contribution in [3.63, 3.8) is 0 Å². The van der Waals surface area contributed by atoms with Crippen LogP contribution >= 0.6 is 0 Å². The number of fused-ring (bicyclic) bond motifs is 1. The Kier molecular flexibility index (Phi) is 5.66. The highest BCUT2D eigenvalue weighted by Gasteiger charge is 2.38. The maximum atomic E-state index is 12.9. The molecule has 3 aromatic rings. The van der Waals surface area contributed by atoms with Gasteiger partial charge in [0.2, 0.25) is 5.91 Å². The maximum Gasteiger partial charge on any atom is 0.329 e. The van der Waals surface area contributed by atoms with Gasteiger partial charge >= 0.3 is 5.69 Å². The molecule has 4 rings (SSSR count). The quantitative estimate of drug-likeness (QED) is 0.652. The van der Waals surface area contributed by atoms with E-state index in [1.807, 2.05) is 49.4 Å². The Morgan fingerprint density at radius 2 is 1.67 bits per heavy atom. The SMILES string of the molecule is CCn1c(=O)n(CC(=O)NCC2(c3ccccc3OC)CCCC2)c2ccccc21. The molecule has 2 aromatic carbocycles. The molecule has 0 saturated heterocycles. The van der Waals surface area contributed by atoms with Gasteiger partial charge in [-0.15, -0.1) is 0 Å². The van der Waals surface area contributed by atoms with Crippen molar-refractivity contribution in [3.05, 3.63) is 64.6 Å². The van der Waals surface area contributed by atoms with Gasteiger partial charge in [0.1, 0.15) is 12.3 Å². The van der Waals surface area contributed by atoms with Crippen LogP contribution in [-0.2, 0) is 23.3 Å². The topological polar surface area (TPSA) is 65.3 Å². The lowest BCUT2D eigenvalue weighted by Gasteiger charge is -2.31. The first-order valence-corrected chi connectivity index (χ1v) is 10.7. The molecule has 0 atom stereocenters. The number of nitrogens with one attached hydrogen (secondary N) is 1. The molecule has 30 heavy (non-hydrogen) atoms. The highest BCUT2D eigenvalue weighted by atomic mass is 16.5. The molecular weight excluding hydrogens is 378 g/mol. The van der Waals surface area contributed by atoms with Crippen molar-refractivity contribution >= 4 is 16.9 Å². The van der Waals surface area contributed by atoms with E-state index in [-0.39, 0.29) is 23.6 Å². The van der Waals surface area contributed by atoms with Gasteiger partial charge in [0, 0.05) is 24.1 Å². The van der Waals surface area contributed by atoms with Crippen LogP contribution in [0, 0.1) is 0 Å². The summed E-state index contributed by atoms with van der Waals surface area (Å²) in [7, 11) is 1.69. The Morgan fingerprint density at radius 1 is 1.03 bits per heavy atom. The number of hydrogen-bond donors (Lipinski definition) is 1. The maximum absolute atomic E-state index is 12.9. The molecule has 6 heteroatoms. The lowest BCUT2D eigenvalue weighted by Crippen LogP contribution is -2.41. The minimum absolute atomic E-state index is 0.0222. The Morgan fingerprint density at radius 3 is 2.33 bits per heavy atom. The number of methoxy groups -OCH3 is 1. The van der Waals surface area contributed by atoms with Gasteiger partial charge in [-0.3, -0.25) is 13.9 Å². The lowest BCUT2D eigenvalue weighted by atomic mass is 9.78. The predicted molar refractivity (Wildman–Crippen MR) is 118 cm³/mol. The van der Waals surface area contributed by atoms with Crippen molar-refractivity contribution in [1.29, 1.82) is 0 Å². The number of carbonyl (C=O) groups excluding carboxylic acids is 1. The third-order valence-electron chi connectivity index (χ3n) is 6.41. The van der Waals surface area contributed by atoms with Gasteiger partial charge in [-0.2, -0.15) is 0 Å². The number of nitrogens with zero attached hydrogens (tertiary/aromatic N) is 2. The Balaban J connectivity index is 1.56. The second kappa shape index (κ2) is 8.38. The highest BCUT2D eigenvalue weighted by molar-refractivity contribution is 5.81. The second-order valence-corrected chi connectivity index (χ2v) is 8.07. The first kappa shape index (κ1) is 20.3. The van der Waals surface area contributed by atoms with Crippen molar-refractivity contribution in [2.24, 2.45) is 0 Å². The smallest absolute Gasteiger partial charge is 0.329 e. The fraction of sp³-hybridized carbons (Fsp3) is 0.417. The number of hydrogen-bond acceptors (Lipinski definition) is 3. The zero-order valence-electron chi connectivity index (χ0n) is 17.7. The molecule has 0 radical (unpaired) electrons. The molecule has 1 fully saturated rings. The lowest BCUT2D eigenvalue weighted by molar-refractivity contribution is -0.121. The minimum Gasteiger partial charge on any atom is -0.496 e. The largest absolute Gasteiger partial charge is 0.496 e. The van der Waals surface area contributed by atoms with Crippen LogP contribution in [0.2, 0.25) is 0 Å². The first-order chi connectivity index (χ1) is 14.6. The fourth-order valence-corrected chi connectivity index (χ4v) is 4.87. The zero-order valence-corrected chi connectivity index (χ0v) is 17.7. The monoisotopic (exact) mass is 407 g/mol. The predicted octanol–water partition coefficient (Wildman–Crippen LogP) is 3.46. The summed E-state index contributed by atoms with van der Waals surface area (Å²) in [6, 6.07) is 15.7. The van der Waals surface area contributed by atoms with Crippen molar-refractivity contribution < 1.29 is 9.53 Å². The van der Waals surface area contributed by atoms with E-state index < -0.39 is 0 Å². The van der Waals surface area contributed by atoms with E-state index in [1.165, 1.54) is 0 Å². The summed E-state index contributed by atoms with van der Waals surface area (Å²) >= 11 is 0. The van der Waals surface area contributed by atoms with Gasteiger partial charge in [0.15, 0.2) is 0 Å². The minimum atomic E-state index is -0.144. The Hall–Kier alpha value is -3.02. The number of amides is 1. The normalized spacial score (nSPS) is 15.4. The van der Waals surface area contributed by atoms with Gasteiger partial charge in [-0.1, -0.05) is 43.2 Å². The van der Waals surface area contributed by atoms with E-state index in [0.29, 0.717) is 13.1 Å². The summed E-state index contributed by atoms with van der Waals surface area (Å²) in [6.45, 7) is 3.09. The van der Waals surface area contributed by atoms with Crippen LogP contribution in [0.25, 0.3) is 11.0 Å². The molecule has 1 saturated carbocycles. The molecule has 0 unspecified atom stereocenters. The Labute approximate surface area is 176 Å². The van der Waals surface area contributed by atoms with E-state index in [2.05, 4.69) is 11.4 Å². The van der Waals surface area contributed by atoms with Crippen molar-refractivity contribution in [2.45, 2.75) is 51.1 Å². The van der Waals surface area contributed by atoms with Crippen LogP contribution in [0.4, 0.5) is 0 Å². The summed E-state index contributed by atoms with van der Waals surface area (Å²) in [6.07, 6.45) is 4.31. The number of imidazole rings is 1. The van der Waals surface area contributed by atoms with Gasteiger partial charge in [-0.05, 0) is 38.0 Å². The average Bonchev–Trinajstić information content (AvgIpc) is 3.36. The molecule has 1 amide bonds. The van der Waals surface area contributed by atoms with E-state index in [4.69, 9.17) is 4.74 Å². The van der Waals surface area contributed by atoms with Gasteiger partial charge in [0.25, 0.3) is 0 Å². The zero-order chi connectivity index (χ0) is 21.1. The van der Waals surface area contributed by atoms with Crippen molar-refractivity contribution in [2.75, 3.05) is 13.7 Å². The molecule has 1 N–H and O–H groups in total. The molecule has 0 bridgehead atoms. The molecule has 1 aliphatic rings. The average molecular weight is 408 g/mol. The Bertz CT molecular complexity index is 1110.